The number of hydrogen-bond acceptors (Lipinski definition) is 1. The molecule has 0 atom stereocenters. The van der Waals surface area contributed by atoms with E-state index < -0.39 is 8.41 Å². The highest BCUT2D eigenvalue weighted by Gasteiger charge is 2.26. The SMILES string of the molecule is C1=C2C=C(O2)C(=[Si](c2ccccc2)c2ccccc2)C1. The van der Waals surface area contributed by atoms with E-state index in [1.165, 1.54) is 15.5 Å². The number of allylic oxidation sites excluding steroid dienone is 3. The second-order valence-corrected chi connectivity index (χ2v) is 7.52. The Kier molecular flexibility index (Phi) is 2.75. The Morgan fingerprint density at radius 1 is 0.800 bits per heavy atom. The molecule has 96 valence electrons. The lowest BCUT2D eigenvalue weighted by Gasteiger charge is -2.29. The summed E-state index contributed by atoms with van der Waals surface area (Å²) in [5.41, 5.74) is 0. The van der Waals surface area contributed by atoms with Crippen LogP contribution in [0.15, 0.2) is 84.3 Å². The first kappa shape index (κ1) is 11.6. The minimum atomic E-state index is -0.932. The Morgan fingerprint density at radius 2 is 1.35 bits per heavy atom. The van der Waals surface area contributed by atoms with Gasteiger partial charge in [0.05, 0.1) is 8.41 Å². The number of hydrogen-bond donors (Lipinski definition) is 0. The maximum Gasteiger partial charge on any atom is 0.130 e. The molecule has 0 aromatic heterocycles. The summed E-state index contributed by atoms with van der Waals surface area (Å²) in [7, 11) is -0.932. The van der Waals surface area contributed by atoms with Gasteiger partial charge in [0.2, 0.25) is 0 Å². The molecular weight excluding hydrogens is 260 g/mol. The summed E-state index contributed by atoms with van der Waals surface area (Å²) >= 11 is 0. The zero-order chi connectivity index (χ0) is 13.4. The van der Waals surface area contributed by atoms with Crippen LogP contribution in [0.4, 0.5) is 0 Å². The molecule has 0 unspecified atom stereocenters. The number of ether oxygens (including phenoxy) is 1. The fourth-order valence-electron chi connectivity index (χ4n) is 2.76. The lowest BCUT2D eigenvalue weighted by Crippen LogP contribution is -2.43. The molecule has 2 heteroatoms. The third-order valence-corrected chi connectivity index (χ3v) is 6.61. The minimum absolute atomic E-state index is 0.932. The van der Waals surface area contributed by atoms with E-state index in [4.69, 9.17) is 4.74 Å². The molecule has 0 radical (unpaired) electrons. The van der Waals surface area contributed by atoms with Crippen molar-refractivity contribution in [3.63, 3.8) is 0 Å². The molecular formula is C18H14OSi. The van der Waals surface area contributed by atoms with Crippen LogP contribution in [-0.4, -0.2) is 13.6 Å². The van der Waals surface area contributed by atoms with E-state index in [1.807, 2.05) is 0 Å². The van der Waals surface area contributed by atoms with Gasteiger partial charge in [-0.05, 0) is 28.0 Å². The van der Waals surface area contributed by atoms with E-state index in [1.54, 1.807) is 0 Å². The van der Waals surface area contributed by atoms with Gasteiger partial charge in [-0.2, -0.15) is 0 Å². The van der Waals surface area contributed by atoms with Crippen LogP contribution in [0.5, 0.6) is 0 Å². The summed E-state index contributed by atoms with van der Waals surface area (Å²) in [6.45, 7) is 0. The largest absolute Gasteiger partial charge is 0.458 e. The third-order valence-electron chi connectivity index (χ3n) is 3.73. The lowest BCUT2D eigenvalue weighted by atomic mass is 10.1. The van der Waals surface area contributed by atoms with Crippen molar-refractivity contribution in [2.45, 2.75) is 6.42 Å². The summed E-state index contributed by atoms with van der Waals surface area (Å²) in [6, 6.07) is 21.6. The van der Waals surface area contributed by atoms with Crippen molar-refractivity contribution in [3.05, 3.63) is 84.3 Å². The van der Waals surface area contributed by atoms with Crippen molar-refractivity contribution in [3.8, 4) is 0 Å². The van der Waals surface area contributed by atoms with E-state index >= 15 is 0 Å². The summed E-state index contributed by atoms with van der Waals surface area (Å²) in [5, 5.41) is 4.31. The second kappa shape index (κ2) is 4.73. The molecule has 0 amide bonds. The van der Waals surface area contributed by atoms with E-state index in [9.17, 15) is 0 Å². The summed E-state index contributed by atoms with van der Waals surface area (Å²) in [6.07, 6.45) is 5.38. The fraction of sp³-hybridized carbons (Fsp3) is 0.0556. The quantitative estimate of drug-likeness (QED) is 0.763. The van der Waals surface area contributed by atoms with Crippen molar-refractivity contribution in [2.24, 2.45) is 0 Å². The summed E-state index contributed by atoms with van der Waals surface area (Å²) < 4.78 is 5.72. The van der Waals surface area contributed by atoms with Gasteiger partial charge < -0.3 is 4.74 Å². The predicted octanol–water partition coefficient (Wildman–Crippen LogP) is 2.25. The molecule has 0 spiro atoms. The molecule has 0 N–H and O–H groups in total. The van der Waals surface area contributed by atoms with Crippen LogP contribution in [0, 0.1) is 0 Å². The molecule has 2 aliphatic heterocycles. The molecule has 2 aromatic rings. The number of rotatable bonds is 2. The third kappa shape index (κ3) is 1.89. The minimum Gasteiger partial charge on any atom is -0.458 e. The normalized spacial score (nSPS) is 15.7. The summed E-state index contributed by atoms with van der Waals surface area (Å²) in [5.74, 6) is 2.13. The zero-order valence-corrected chi connectivity index (χ0v) is 12.0. The Morgan fingerprint density at radius 3 is 1.80 bits per heavy atom. The molecule has 1 nitrogen and oxygen atoms in total. The average Bonchev–Trinajstić information content (AvgIpc) is 2.49. The van der Waals surface area contributed by atoms with Crippen LogP contribution in [0.1, 0.15) is 6.42 Å². The van der Waals surface area contributed by atoms with Crippen LogP contribution >= 0.6 is 0 Å². The van der Waals surface area contributed by atoms with Gasteiger partial charge in [-0.1, -0.05) is 60.7 Å². The lowest BCUT2D eigenvalue weighted by molar-refractivity contribution is 0.293. The van der Waals surface area contributed by atoms with Gasteiger partial charge in [0.25, 0.3) is 0 Å². The maximum atomic E-state index is 5.72. The Balaban J connectivity index is 1.93. The first-order valence-electron chi connectivity index (χ1n) is 6.86. The second-order valence-electron chi connectivity index (χ2n) is 5.01. The van der Waals surface area contributed by atoms with Crippen molar-refractivity contribution in [1.82, 2.24) is 0 Å². The Bertz CT molecular complexity index is 698. The van der Waals surface area contributed by atoms with Crippen molar-refractivity contribution in [1.29, 1.82) is 0 Å². The first-order chi connectivity index (χ1) is 9.92. The van der Waals surface area contributed by atoms with Crippen LogP contribution in [0.25, 0.3) is 0 Å². The van der Waals surface area contributed by atoms with Crippen LogP contribution in [-0.2, 0) is 4.74 Å². The summed E-state index contributed by atoms with van der Waals surface area (Å²) in [4.78, 5) is 0. The highest BCUT2D eigenvalue weighted by molar-refractivity contribution is 6.93. The van der Waals surface area contributed by atoms with Gasteiger partial charge in [-0.3, -0.25) is 0 Å². The topological polar surface area (TPSA) is 9.23 Å². The van der Waals surface area contributed by atoms with Gasteiger partial charge in [0, 0.05) is 6.08 Å². The Labute approximate surface area is 120 Å². The van der Waals surface area contributed by atoms with Crippen LogP contribution in [0.2, 0.25) is 0 Å². The molecule has 3 aliphatic rings. The van der Waals surface area contributed by atoms with Crippen molar-refractivity contribution < 1.29 is 4.74 Å². The monoisotopic (exact) mass is 274 g/mol. The molecule has 2 heterocycles. The Hall–Kier alpha value is -2.19. The molecule has 2 bridgehead atoms. The molecule has 5 rings (SSSR count). The molecule has 0 saturated carbocycles. The van der Waals surface area contributed by atoms with E-state index in [0.717, 1.165) is 17.9 Å². The molecule has 1 aliphatic carbocycles. The highest BCUT2D eigenvalue weighted by Crippen LogP contribution is 2.29. The standard InChI is InChI=1S/C18H14OSi/c1-3-7-15(8-4-1)20(16-9-5-2-6-10-16)18-12-11-14-13-17(18)19-14/h1-11,13H,12H2. The fourth-order valence-corrected chi connectivity index (χ4v) is 5.52. The molecule has 0 fully saturated rings. The highest BCUT2D eigenvalue weighted by atomic mass is 28.2. The van der Waals surface area contributed by atoms with Crippen LogP contribution in [0.3, 0.4) is 0 Å². The van der Waals surface area contributed by atoms with Gasteiger partial charge in [0.1, 0.15) is 11.5 Å². The first-order valence-corrected chi connectivity index (χ1v) is 8.36. The van der Waals surface area contributed by atoms with Gasteiger partial charge in [0.15, 0.2) is 0 Å². The molecule has 20 heavy (non-hydrogen) atoms. The number of benzene rings is 2. The average molecular weight is 274 g/mol. The molecule has 0 saturated heterocycles. The van der Waals surface area contributed by atoms with Gasteiger partial charge in [-0.15, -0.1) is 0 Å². The van der Waals surface area contributed by atoms with E-state index in [-0.39, 0.29) is 0 Å². The van der Waals surface area contributed by atoms with Crippen molar-refractivity contribution in [2.75, 3.05) is 0 Å². The number of fused-ring (bicyclic) bond motifs is 2. The molecule has 2 aromatic carbocycles. The zero-order valence-electron chi connectivity index (χ0n) is 11.0. The maximum absolute atomic E-state index is 5.72. The van der Waals surface area contributed by atoms with Gasteiger partial charge in [-0.25, -0.2) is 0 Å². The van der Waals surface area contributed by atoms with Gasteiger partial charge >= 0.3 is 0 Å². The van der Waals surface area contributed by atoms with E-state index in [2.05, 4.69) is 72.8 Å². The van der Waals surface area contributed by atoms with Crippen molar-refractivity contribution >= 4 is 24.0 Å². The van der Waals surface area contributed by atoms with Crippen LogP contribution < -0.4 is 10.4 Å². The predicted molar refractivity (Wildman–Crippen MR) is 84.8 cm³/mol. The van der Waals surface area contributed by atoms with E-state index in [0.29, 0.717) is 0 Å². The smallest absolute Gasteiger partial charge is 0.130 e.